The van der Waals surface area contributed by atoms with Crippen molar-refractivity contribution >= 4 is 13.7 Å². The molecular formula is C69H122N2O6P+. The van der Waals surface area contributed by atoms with E-state index in [2.05, 4.69) is 129 Å². The first kappa shape index (κ1) is 74.9. The van der Waals surface area contributed by atoms with Gasteiger partial charge in [0.2, 0.25) is 5.91 Å². The predicted octanol–water partition coefficient (Wildman–Crippen LogP) is 20.1. The van der Waals surface area contributed by atoms with Crippen LogP contribution < -0.4 is 5.32 Å². The van der Waals surface area contributed by atoms with Gasteiger partial charge in [-0.15, -0.1) is 0 Å². The molecule has 8 nitrogen and oxygen atoms in total. The summed E-state index contributed by atoms with van der Waals surface area (Å²) in [5.74, 6) is -0.226. The highest BCUT2D eigenvalue weighted by molar-refractivity contribution is 7.47. The fourth-order valence-corrected chi connectivity index (χ4v) is 9.44. The molecule has 0 aromatic heterocycles. The van der Waals surface area contributed by atoms with Gasteiger partial charge in [-0.25, -0.2) is 4.57 Å². The summed E-state index contributed by atoms with van der Waals surface area (Å²) in [6, 6.07) is -0.899. The fourth-order valence-electron chi connectivity index (χ4n) is 8.70. The van der Waals surface area contributed by atoms with Crippen LogP contribution in [0.3, 0.4) is 0 Å². The first-order valence-corrected chi connectivity index (χ1v) is 33.4. The van der Waals surface area contributed by atoms with Crippen LogP contribution in [-0.2, 0) is 18.4 Å². The number of hydrogen-bond acceptors (Lipinski definition) is 5. The van der Waals surface area contributed by atoms with Gasteiger partial charge in [0.15, 0.2) is 0 Å². The number of carbonyl (C=O) groups excluding carboxylic acids is 1. The number of aliphatic hydroxyl groups is 1. The van der Waals surface area contributed by atoms with Crippen molar-refractivity contribution in [3.63, 3.8) is 0 Å². The Morgan fingerprint density at radius 1 is 0.449 bits per heavy atom. The highest BCUT2D eigenvalue weighted by atomic mass is 31.2. The van der Waals surface area contributed by atoms with E-state index < -0.39 is 20.0 Å². The van der Waals surface area contributed by atoms with Crippen molar-refractivity contribution < 1.29 is 32.9 Å². The van der Waals surface area contributed by atoms with Crippen molar-refractivity contribution in [2.75, 3.05) is 40.9 Å². The molecule has 0 spiro atoms. The number of nitrogens with one attached hydrogen (secondary N) is 1. The van der Waals surface area contributed by atoms with Crippen LogP contribution in [-0.4, -0.2) is 73.4 Å². The zero-order chi connectivity index (χ0) is 57.0. The molecule has 0 saturated heterocycles. The molecule has 0 aliphatic carbocycles. The van der Waals surface area contributed by atoms with Gasteiger partial charge in [-0.05, 0) is 103 Å². The van der Waals surface area contributed by atoms with Crippen LogP contribution in [0.2, 0.25) is 0 Å². The Labute approximate surface area is 482 Å². The summed E-state index contributed by atoms with van der Waals surface area (Å²) in [4.78, 5) is 23.3. The van der Waals surface area contributed by atoms with E-state index in [1.165, 1.54) is 141 Å². The van der Waals surface area contributed by atoms with Gasteiger partial charge >= 0.3 is 7.82 Å². The number of phosphoric ester groups is 1. The molecule has 78 heavy (non-hydrogen) atoms. The number of hydrogen-bond donors (Lipinski definition) is 3. The van der Waals surface area contributed by atoms with Crippen LogP contribution >= 0.6 is 7.82 Å². The van der Waals surface area contributed by atoms with Crippen LogP contribution in [0, 0.1) is 0 Å². The zero-order valence-electron chi connectivity index (χ0n) is 51.1. The minimum absolute atomic E-state index is 0.0396. The number of allylic oxidation sites excluding steroid dienone is 19. The second kappa shape index (κ2) is 58.6. The van der Waals surface area contributed by atoms with Gasteiger partial charge in [0, 0.05) is 6.42 Å². The normalized spacial score (nSPS) is 14.6. The molecule has 9 heteroatoms. The number of likely N-dealkylation sites (N-methyl/N-ethyl adjacent to an activating group) is 1. The number of aliphatic hydroxyl groups excluding tert-OH is 1. The Morgan fingerprint density at radius 2 is 0.782 bits per heavy atom. The van der Waals surface area contributed by atoms with Gasteiger partial charge in [-0.3, -0.25) is 13.8 Å². The third kappa shape index (κ3) is 60.5. The third-order valence-corrected chi connectivity index (χ3v) is 14.6. The average Bonchev–Trinajstić information content (AvgIpc) is 3.41. The minimum atomic E-state index is -4.38. The highest BCUT2D eigenvalue weighted by Gasteiger charge is 2.27. The van der Waals surface area contributed by atoms with Crippen LogP contribution in [0.5, 0.6) is 0 Å². The van der Waals surface area contributed by atoms with Crippen molar-refractivity contribution in [3.05, 3.63) is 122 Å². The first-order chi connectivity index (χ1) is 38.0. The lowest BCUT2D eigenvalue weighted by Gasteiger charge is -2.25. The monoisotopic (exact) mass is 1110 g/mol. The van der Waals surface area contributed by atoms with E-state index in [9.17, 15) is 19.4 Å². The number of quaternary nitrogens is 1. The molecule has 0 aliphatic rings. The Bertz CT molecular complexity index is 1680. The number of nitrogens with zero attached hydrogens (tertiary/aromatic N) is 1. The topological polar surface area (TPSA) is 105 Å². The molecule has 1 amide bonds. The van der Waals surface area contributed by atoms with Crippen molar-refractivity contribution in [3.8, 4) is 0 Å². The number of phosphoric acid groups is 1. The largest absolute Gasteiger partial charge is 0.472 e. The Morgan fingerprint density at radius 3 is 1.18 bits per heavy atom. The predicted molar refractivity (Wildman–Crippen MR) is 341 cm³/mol. The maximum Gasteiger partial charge on any atom is 0.472 e. The van der Waals surface area contributed by atoms with Gasteiger partial charge in [0.25, 0.3) is 0 Å². The second-order valence-electron chi connectivity index (χ2n) is 22.4. The molecule has 448 valence electrons. The van der Waals surface area contributed by atoms with E-state index in [0.29, 0.717) is 23.9 Å². The maximum atomic E-state index is 13.0. The third-order valence-electron chi connectivity index (χ3n) is 13.6. The highest BCUT2D eigenvalue weighted by Crippen LogP contribution is 2.43. The van der Waals surface area contributed by atoms with Gasteiger partial charge < -0.3 is 19.8 Å². The molecule has 3 N–H and O–H groups in total. The van der Waals surface area contributed by atoms with E-state index in [1.807, 2.05) is 27.2 Å². The quantitative estimate of drug-likeness (QED) is 0.0243. The number of carbonyl (C=O) groups is 1. The van der Waals surface area contributed by atoms with Crippen LogP contribution in [0.25, 0.3) is 0 Å². The summed E-state index contributed by atoms with van der Waals surface area (Å²) in [5, 5.41) is 13.9. The fraction of sp³-hybridized carbons (Fsp3) is 0.696. The summed E-state index contributed by atoms with van der Waals surface area (Å²) in [6.45, 7) is 4.65. The van der Waals surface area contributed by atoms with E-state index in [4.69, 9.17) is 9.05 Å². The summed E-state index contributed by atoms with van der Waals surface area (Å²) < 4.78 is 23.7. The lowest BCUT2D eigenvalue weighted by molar-refractivity contribution is -0.870. The van der Waals surface area contributed by atoms with Crippen molar-refractivity contribution in [1.29, 1.82) is 0 Å². The minimum Gasteiger partial charge on any atom is -0.387 e. The van der Waals surface area contributed by atoms with E-state index in [-0.39, 0.29) is 19.1 Å². The van der Waals surface area contributed by atoms with Crippen molar-refractivity contribution in [1.82, 2.24) is 5.32 Å². The first-order valence-electron chi connectivity index (χ1n) is 31.9. The Hall–Kier alpha value is -3.10. The van der Waals surface area contributed by atoms with Gasteiger partial charge in [0.1, 0.15) is 13.2 Å². The SMILES string of the molecule is CC/C=C\C/C=C\C/C=C\C/C=C\C/C=C\C/C=C\C/C=C\CCCCCC(=O)NC(COP(=O)(O)OCC[N+](C)(C)C)C(O)/C=C/CC/C=C/CC/C=C/CCCCCCCCCCCCCCCCCCCCCCC. The molecule has 0 fully saturated rings. The van der Waals surface area contributed by atoms with E-state index >= 15 is 0 Å². The van der Waals surface area contributed by atoms with Gasteiger partial charge in [-0.1, -0.05) is 270 Å². The number of rotatable bonds is 57. The standard InChI is InChI=1S/C69H121N2O6P/c1-6-8-10-12-14-16-18-20-22-24-26-28-30-32-33-34-35-36-37-39-40-42-44-46-48-50-52-54-56-58-60-62-68(72)67(66-77-78(74,75)76-65-64-71(3,4)5)70-69(73)63-61-59-57-55-53-51-49-47-45-43-41-38-31-29-27-25-23-21-19-17-15-13-11-9-7-2/h9,11,15,17,21,23,27,29,38,41,44-47,51-54,60,62,67-68,72H,6-8,10,12-14,16,18-20,22,24-26,28,30-37,39-40,42-43,48-50,55-59,61,63-66H2,1-5H3,(H-,70,73,74,75)/p+1/b11-9-,17-15-,23-21-,29-27-,41-38-,46-44+,47-45-,53-51-,54-52+,62-60+. The lowest BCUT2D eigenvalue weighted by atomic mass is 10.0. The molecule has 0 rings (SSSR count). The summed E-state index contributed by atoms with van der Waals surface area (Å²) in [5.41, 5.74) is 0. The molecule has 3 atom stereocenters. The Balaban J connectivity index is 4.30. The molecule has 0 radical (unpaired) electrons. The summed E-state index contributed by atoms with van der Waals surface area (Å²) in [7, 11) is 1.51. The molecule has 3 unspecified atom stereocenters. The summed E-state index contributed by atoms with van der Waals surface area (Å²) >= 11 is 0. The molecule has 0 aromatic carbocycles. The zero-order valence-corrected chi connectivity index (χ0v) is 52.0. The second-order valence-corrected chi connectivity index (χ2v) is 23.8. The van der Waals surface area contributed by atoms with E-state index in [1.54, 1.807) is 6.08 Å². The average molecular weight is 1110 g/mol. The number of amides is 1. The Kier molecular flexibility index (Phi) is 56.2. The molecule has 0 heterocycles. The van der Waals surface area contributed by atoms with Crippen molar-refractivity contribution in [2.45, 2.75) is 270 Å². The molecule has 0 aromatic rings. The maximum absolute atomic E-state index is 13.0. The van der Waals surface area contributed by atoms with Gasteiger partial charge in [-0.2, -0.15) is 0 Å². The lowest BCUT2D eigenvalue weighted by Crippen LogP contribution is -2.45. The smallest absolute Gasteiger partial charge is 0.387 e. The van der Waals surface area contributed by atoms with Crippen molar-refractivity contribution in [2.24, 2.45) is 0 Å². The molecule has 0 bridgehead atoms. The summed E-state index contributed by atoms with van der Waals surface area (Å²) in [6.07, 6.45) is 87.6. The molecule has 0 aliphatic heterocycles. The molecule has 0 saturated carbocycles. The van der Waals surface area contributed by atoms with Crippen LogP contribution in [0.4, 0.5) is 0 Å². The molecular weight excluding hydrogens is 984 g/mol. The number of unbranched alkanes of at least 4 members (excludes halogenated alkanes) is 26. The van der Waals surface area contributed by atoms with E-state index in [0.717, 1.165) is 89.9 Å². The van der Waals surface area contributed by atoms with Gasteiger partial charge in [0.05, 0.1) is 39.9 Å². The van der Waals surface area contributed by atoms with Crippen LogP contribution in [0.15, 0.2) is 122 Å². The van der Waals surface area contributed by atoms with Crippen LogP contribution in [0.1, 0.15) is 258 Å².